The van der Waals surface area contributed by atoms with Crippen LogP contribution in [-0.2, 0) is 0 Å². The Kier molecular flexibility index (Phi) is 5.09. The topological polar surface area (TPSA) is 55.1 Å². The number of hydrogen-bond donors (Lipinski definition) is 2. The van der Waals surface area contributed by atoms with Crippen LogP contribution in [0.15, 0.2) is 51.8 Å². The summed E-state index contributed by atoms with van der Waals surface area (Å²) in [7, 11) is 0. The van der Waals surface area contributed by atoms with E-state index in [9.17, 15) is 4.79 Å². The SMILES string of the molecule is CCSc1ccccc1NC(=O)c1cc(N)ccc1Br. The smallest absolute Gasteiger partial charge is 0.256 e. The Balaban J connectivity index is 2.26. The molecule has 0 aliphatic carbocycles. The van der Waals surface area contributed by atoms with Crippen LogP contribution in [0.2, 0.25) is 0 Å². The van der Waals surface area contributed by atoms with E-state index < -0.39 is 0 Å². The van der Waals surface area contributed by atoms with Gasteiger partial charge in [0, 0.05) is 15.1 Å². The number of amides is 1. The van der Waals surface area contributed by atoms with E-state index in [0.717, 1.165) is 20.8 Å². The van der Waals surface area contributed by atoms with Crippen LogP contribution in [0.3, 0.4) is 0 Å². The maximum absolute atomic E-state index is 12.3. The lowest BCUT2D eigenvalue weighted by Gasteiger charge is -2.11. The fourth-order valence-corrected chi connectivity index (χ4v) is 2.94. The molecule has 2 aromatic rings. The van der Waals surface area contributed by atoms with Gasteiger partial charge in [-0.1, -0.05) is 19.1 Å². The number of carbonyl (C=O) groups is 1. The number of carbonyl (C=O) groups excluding carboxylic acids is 1. The molecule has 1 amide bonds. The highest BCUT2D eigenvalue weighted by atomic mass is 79.9. The van der Waals surface area contributed by atoms with Crippen molar-refractivity contribution in [3.63, 3.8) is 0 Å². The summed E-state index contributed by atoms with van der Waals surface area (Å²) < 4.78 is 0.727. The van der Waals surface area contributed by atoms with E-state index in [1.165, 1.54) is 0 Å². The van der Waals surface area contributed by atoms with Crippen molar-refractivity contribution in [2.75, 3.05) is 16.8 Å². The minimum absolute atomic E-state index is 0.173. The molecule has 104 valence electrons. The van der Waals surface area contributed by atoms with E-state index in [-0.39, 0.29) is 5.91 Å². The summed E-state index contributed by atoms with van der Waals surface area (Å²) in [5, 5.41) is 2.93. The highest BCUT2D eigenvalue weighted by molar-refractivity contribution is 9.10. The molecule has 0 aliphatic rings. The van der Waals surface area contributed by atoms with Gasteiger partial charge in [-0.05, 0) is 52.0 Å². The molecule has 0 aliphatic heterocycles. The first-order valence-electron chi connectivity index (χ1n) is 6.20. The summed E-state index contributed by atoms with van der Waals surface area (Å²) in [5.74, 6) is 0.780. The van der Waals surface area contributed by atoms with E-state index in [0.29, 0.717) is 11.3 Å². The van der Waals surface area contributed by atoms with Crippen LogP contribution in [-0.4, -0.2) is 11.7 Å². The number of halogens is 1. The number of anilines is 2. The molecule has 0 fully saturated rings. The van der Waals surface area contributed by atoms with Crippen LogP contribution in [0, 0.1) is 0 Å². The fourth-order valence-electron chi connectivity index (χ4n) is 1.76. The molecule has 3 N–H and O–H groups in total. The zero-order valence-corrected chi connectivity index (χ0v) is 13.4. The van der Waals surface area contributed by atoms with E-state index in [4.69, 9.17) is 5.73 Å². The molecule has 0 atom stereocenters. The van der Waals surface area contributed by atoms with E-state index >= 15 is 0 Å². The van der Waals surface area contributed by atoms with Gasteiger partial charge in [-0.15, -0.1) is 11.8 Å². The van der Waals surface area contributed by atoms with E-state index in [1.807, 2.05) is 24.3 Å². The molecule has 2 rings (SSSR count). The van der Waals surface area contributed by atoms with Gasteiger partial charge < -0.3 is 11.1 Å². The Bertz CT molecular complexity index is 631. The Labute approximate surface area is 131 Å². The molecule has 5 heteroatoms. The maximum atomic E-state index is 12.3. The minimum Gasteiger partial charge on any atom is -0.399 e. The Morgan fingerprint density at radius 2 is 2.05 bits per heavy atom. The second-order valence-corrected chi connectivity index (χ2v) is 6.28. The Morgan fingerprint density at radius 3 is 2.80 bits per heavy atom. The van der Waals surface area contributed by atoms with Crippen LogP contribution in [0.5, 0.6) is 0 Å². The number of nitrogens with two attached hydrogens (primary N) is 1. The van der Waals surface area contributed by atoms with Crippen molar-refractivity contribution in [1.82, 2.24) is 0 Å². The third-order valence-electron chi connectivity index (χ3n) is 2.67. The predicted octanol–water partition coefficient (Wildman–Crippen LogP) is 4.40. The van der Waals surface area contributed by atoms with E-state index in [1.54, 1.807) is 30.0 Å². The van der Waals surface area contributed by atoms with Gasteiger partial charge in [-0.2, -0.15) is 0 Å². The minimum atomic E-state index is -0.173. The van der Waals surface area contributed by atoms with Crippen molar-refractivity contribution in [2.24, 2.45) is 0 Å². The van der Waals surface area contributed by atoms with Gasteiger partial charge in [0.1, 0.15) is 0 Å². The standard InChI is InChI=1S/C15H15BrN2OS/c1-2-20-14-6-4-3-5-13(14)18-15(19)11-9-10(17)7-8-12(11)16/h3-9H,2,17H2,1H3,(H,18,19). The lowest BCUT2D eigenvalue weighted by molar-refractivity contribution is 0.102. The number of hydrogen-bond acceptors (Lipinski definition) is 3. The molecule has 0 radical (unpaired) electrons. The van der Waals surface area contributed by atoms with Crippen LogP contribution in [0.4, 0.5) is 11.4 Å². The summed E-state index contributed by atoms with van der Waals surface area (Å²) in [6.07, 6.45) is 0. The molecular formula is C15H15BrN2OS. The summed E-state index contributed by atoms with van der Waals surface area (Å²) in [5.41, 5.74) is 7.64. The van der Waals surface area contributed by atoms with Crippen molar-refractivity contribution in [3.8, 4) is 0 Å². The molecular weight excluding hydrogens is 336 g/mol. The van der Waals surface area contributed by atoms with Crippen LogP contribution < -0.4 is 11.1 Å². The van der Waals surface area contributed by atoms with Crippen LogP contribution in [0.1, 0.15) is 17.3 Å². The monoisotopic (exact) mass is 350 g/mol. The molecule has 0 bridgehead atoms. The third kappa shape index (κ3) is 3.55. The molecule has 20 heavy (non-hydrogen) atoms. The maximum Gasteiger partial charge on any atom is 0.256 e. The third-order valence-corrected chi connectivity index (χ3v) is 4.32. The van der Waals surface area contributed by atoms with Crippen LogP contribution >= 0.6 is 27.7 Å². The second kappa shape index (κ2) is 6.81. The molecule has 2 aromatic carbocycles. The molecule has 0 heterocycles. The first-order chi connectivity index (χ1) is 9.61. The van der Waals surface area contributed by atoms with Crippen molar-refractivity contribution >= 4 is 45.0 Å². The van der Waals surface area contributed by atoms with Gasteiger partial charge >= 0.3 is 0 Å². The highest BCUT2D eigenvalue weighted by Gasteiger charge is 2.12. The van der Waals surface area contributed by atoms with Crippen molar-refractivity contribution in [3.05, 3.63) is 52.5 Å². The molecule has 0 unspecified atom stereocenters. The second-order valence-electron chi connectivity index (χ2n) is 4.12. The quantitative estimate of drug-likeness (QED) is 0.634. The number of nitrogen functional groups attached to an aromatic ring is 1. The van der Waals surface area contributed by atoms with Gasteiger partial charge in [0.15, 0.2) is 0 Å². The lowest BCUT2D eigenvalue weighted by atomic mass is 10.2. The summed E-state index contributed by atoms with van der Waals surface area (Å²) >= 11 is 5.07. The van der Waals surface area contributed by atoms with Gasteiger partial charge in [0.25, 0.3) is 5.91 Å². The first kappa shape index (κ1) is 14.9. The number of para-hydroxylation sites is 1. The molecule has 0 aromatic heterocycles. The number of nitrogens with one attached hydrogen (secondary N) is 1. The zero-order chi connectivity index (χ0) is 14.5. The van der Waals surface area contributed by atoms with Crippen molar-refractivity contribution in [1.29, 1.82) is 0 Å². The van der Waals surface area contributed by atoms with Gasteiger partial charge in [0.05, 0.1) is 11.3 Å². The number of benzene rings is 2. The van der Waals surface area contributed by atoms with Gasteiger partial charge in [-0.3, -0.25) is 4.79 Å². The lowest BCUT2D eigenvalue weighted by Crippen LogP contribution is -2.13. The van der Waals surface area contributed by atoms with Crippen molar-refractivity contribution in [2.45, 2.75) is 11.8 Å². The number of rotatable bonds is 4. The summed E-state index contributed by atoms with van der Waals surface area (Å²) in [4.78, 5) is 13.4. The molecule has 0 spiro atoms. The molecule has 0 saturated heterocycles. The molecule has 3 nitrogen and oxygen atoms in total. The van der Waals surface area contributed by atoms with Gasteiger partial charge in [0.2, 0.25) is 0 Å². The number of thioether (sulfide) groups is 1. The first-order valence-corrected chi connectivity index (χ1v) is 7.98. The zero-order valence-electron chi connectivity index (χ0n) is 11.0. The largest absolute Gasteiger partial charge is 0.399 e. The van der Waals surface area contributed by atoms with Crippen LogP contribution in [0.25, 0.3) is 0 Å². The van der Waals surface area contributed by atoms with Crippen molar-refractivity contribution < 1.29 is 4.79 Å². The van der Waals surface area contributed by atoms with E-state index in [2.05, 4.69) is 28.2 Å². The predicted molar refractivity (Wildman–Crippen MR) is 89.3 cm³/mol. The Hall–Kier alpha value is -1.46. The average Bonchev–Trinajstić information content (AvgIpc) is 2.44. The average molecular weight is 351 g/mol. The van der Waals surface area contributed by atoms with Gasteiger partial charge in [-0.25, -0.2) is 0 Å². The normalized spacial score (nSPS) is 10.3. The highest BCUT2D eigenvalue weighted by Crippen LogP contribution is 2.28. The Morgan fingerprint density at radius 1 is 1.30 bits per heavy atom. The molecule has 0 saturated carbocycles. The summed E-state index contributed by atoms with van der Waals surface area (Å²) in [6, 6.07) is 13.0. The fraction of sp³-hybridized carbons (Fsp3) is 0.133. The summed E-state index contributed by atoms with van der Waals surface area (Å²) in [6.45, 7) is 2.08.